The van der Waals surface area contributed by atoms with Gasteiger partial charge in [0.1, 0.15) is 11.6 Å². The van der Waals surface area contributed by atoms with Gasteiger partial charge >= 0.3 is 0 Å². The Morgan fingerprint density at radius 3 is 2.67 bits per heavy atom. The summed E-state index contributed by atoms with van der Waals surface area (Å²) in [5.41, 5.74) is 6.99. The monoisotopic (exact) mass is 260 g/mol. The molecule has 3 rings (SSSR count). The molecule has 0 aliphatic carbocycles. The number of nitrogen functional groups attached to an aromatic ring is 1. The Balaban J connectivity index is 1.92. The molecular weight excluding hydrogens is 251 g/mol. The third kappa shape index (κ3) is 2.12. The molecule has 0 unspecified atom stereocenters. The van der Waals surface area contributed by atoms with Gasteiger partial charge in [0.25, 0.3) is 5.19 Å². The average molecular weight is 260 g/mol. The van der Waals surface area contributed by atoms with Crippen LogP contribution in [-0.4, -0.2) is 4.98 Å². The molecular formula is C13H9FN2OS. The minimum atomic E-state index is -0.273. The van der Waals surface area contributed by atoms with E-state index in [-0.39, 0.29) is 5.82 Å². The highest BCUT2D eigenvalue weighted by Crippen LogP contribution is 2.31. The summed E-state index contributed by atoms with van der Waals surface area (Å²) >= 11 is 1.31. The Morgan fingerprint density at radius 1 is 1.11 bits per heavy atom. The average Bonchev–Trinajstić information content (AvgIpc) is 2.73. The Kier molecular flexibility index (Phi) is 2.60. The van der Waals surface area contributed by atoms with Crippen molar-refractivity contribution in [3.63, 3.8) is 0 Å². The lowest BCUT2D eigenvalue weighted by Crippen LogP contribution is -1.85. The molecule has 0 saturated carbocycles. The van der Waals surface area contributed by atoms with Gasteiger partial charge in [0, 0.05) is 5.69 Å². The summed E-state index contributed by atoms with van der Waals surface area (Å²) in [5.74, 6) is 0.383. The molecule has 3 nitrogen and oxygen atoms in total. The van der Waals surface area contributed by atoms with E-state index < -0.39 is 0 Å². The van der Waals surface area contributed by atoms with Gasteiger partial charge in [-0.1, -0.05) is 11.3 Å². The van der Waals surface area contributed by atoms with Crippen LogP contribution in [0, 0.1) is 5.82 Å². The number of benzene rings is 2. The van der Waals surface area contributed by atoms with Crippen molar-refractivity contribution in [2.24, 2.45) is 0 Å². The van der Waals surface area contributed by atoms with Crippen molar-refractivity contribution in [3.8, 4) is 10.9 Å². The molecule has 5 heteroatoms. The first-order chi connectivity index (χ1) is 8.70. The first kappa shape index (κ1) is 11.0. The molecule has 90 valence electrons. The summed E-state index contributed by atoms with van der Waals surface area (Å²) in [6.45, 7) is 0. The Bertz CT molecular complexity index is 694. The van der Waals surface area contributed by atoms with Crippen LogP contribution in [0.4, 0.5) is 10.1 Å². The predicted octanol–water partition coefficient (Wildman–Crippen LogP) is 3.81. The fourth-order valence-electron chi connectivity index (χ4n) is 1.56. The second-order valence-corrected chi connectivity index (χ2v) is 4.76. The molecule has 3 aromatic rings. The largest absolute Gasteiger partial charge is 0.431 e. The Morgan fingerprint density at radius 2 is 1.89 bits per heavy atom. The topological polar surface area (TPSA) is 48.1 Å². The van der Waals surface area contributed by atoms with Crippen LogP contribution in [0.3, 0.4) is 0 Å². The molecule has 2 aromatic carbocycles. The first-order valence-electron chi connectivity index (χ1n) is 5.30. The molecule has 0 bridgehead atoms. The minimum absolute atomic E-state index is 0.273. The maximum atomic E-state index is 13.0. The SMILES string of the molecule is Nc1ccc(Oc2nc3ccc(F)cc3s2)cc1. The number of anilines is 1. The summed E-state index contributed by atoms with van der Waals surface area (Å²) < 4.78 is 19.4. The minimum Gasteiger partial charge on any atom is -0.431 e. The zero-order valence-corrected chi connectivity index (χ0v) is 10.1. The van der Waals surface area contributed by atoms with Crippen molar-refractivity contribution in [1.82, 2.24) is 4.98 Å². The van der Waals surface area contributed by atoms with E-state index in [1.807, 2.05) is 0 Å². The maximum Gasteiger partial charge on any atom is 0.279 e. The van der Waals surface area contributed by atoms with E-state index in [9.17, 15) is 4.39 Å². The standard InChI is InChI=1S/C13H9FN2OS/c14-8-1-6-11-12(7-8)18-13(16-11)17-10-4-2-9(15)3-5-10/h1-7H,15H2. The van der Waals surface area contributed by atoms with Crippen LogP contribution in [0.2, 0.25) is 0 Å². The van der Waals surface area contributed by atoms with Gasteiger partial charge in [-0.2, -0.15) is 0 Å². The van der Waals surface area contributed by atoms with Gasteiger partial charge in [0.15, 0.2) is 0 Å². The van der Waals surface area contributed by atoms with Crippen LogP contribution in [0.15, 0.2) is 42.5 Å². The highest BCUT2D eigenvalue weighted by Gasteiger charge is 2.06. The molecule has 0 fully saturated rings. The molecule has 0 aliphatic heterocycles. The number of rotatable bonds is 2. The van der Waals surface area contributed by atoms with E-state index in [0.717, 1.165) is 10.2 Å². The van der Waals surface area contributed by atoms with Crippen molar-refractivity contribution in [2.75, 3.05) is 5.73 Å². The Hall–Kier alpha value is -2.14. The van der Waals surface area contributed by atoms with E-state index in [1.165, 1.54) is 23.5 Å². The second kappa shape index (κ2) is 4.27. The van der Waals surface area contributed by atoms with Crippen LogP contribution in [0.1, 0.15) is 0 Å². The van der Waals surface area contributed by atoms with Gasteiger partial charge in [0.2, 0.25) is 0 Å². The number of hydrogen-bond donors (Lipinski definition) is 1. The number of nitrogens with zero attached hydrogens (tertiary/aromatic N) is 1. The molecule has 0 saturated heterocycles. The van der Waals surface area contributed by atoms with Gasteiger partial charge in [-0.3, -0.25) is 0 Å². The van der Waals surface area contributed by atoms with E-state index in [0.29, 0.717) is 16.6 Å². The van der Waals surface area contributed by atoms with Crippen LogP contribution >= 0.6 is 11.3 Å². The highest BCUT2D eigenvalue weighted by molar-refractivity contribution is 7.20. The van der Waals surface area contributed by atoms with Gasteiger partial charge in [-0.05, 0) is 42.5 Å². The lowest BCUT2D eigenvalue weighted by molar-refractivity contribution is 0.480. The molecule has 0 atom stereocenters. The first-order valence-corrected chi connectivity index (χ1v) is 6.12. The molecule has 0 aliphatic rings. The third-order valence-electron chi connectivity index (χ3n) is 2.42. The van der Waals surface area contributed by atoms with Crippen LogP contribution < -0.4 is 10.5 Å². The van der Waals surface area contributed by atoms with E-state index >= 15 is 0 Å². The van der Waals surface area contributed by atoms with Crippen LogP contribution in [0.5, 0.6) is 10.9 Å². The molecule has 0 spiro atoms. The smallest absolute Gasteiger partial charge is 0.279 e. The normalized spacial score (nSPS) is 10.7. The van der Waals surface area contributed by atoms with Gasteiger partial charge in [0.05, 0.1) is 10.2 Å². The molecule has 1 heterocycles. The third-order valence-corrected chi connectivity index (χ3v) is 3.31. The molecule has 0 amide bonds. The highest BCUT2D eigenvalue weighted by atomic mass is 32.1. The van der Waals surface area contributed by atoms with E-state index in [1.54, 1.807) is 30.3 Å². The predicted molar refractivity (Wildman–Crippen MR) is 70.5 cm³/mol. The lowest BCUT2D eigenvalue weighted by atomic mass is 10.3. The maximum absolute atomic E-state index is 13.0. The summed E-state index contributed by atoms with van der Waals surface area (Å²) in [4.78, 5) is 4.27. The Labute approximate surface area is 107 Å². The molecule has 2 N–H and O–H groups in total. The number of nitrogens with two attached hydrogens (primary N) is 1. The van der Waals surface area contributed by atoms with Crippen LogP contribution in [0.25, 0.3) is 10.2 Å². The second-order valence-electron chi connectivity index (χ2n) is 3.76. The summed E-state index contributed by atoms with van der Waals surface area (Å²) in [5, 5.41) is 0.486. The fraction of sp³-hybridized carbons (Fsp3) is 0. The van der Waals surface area contributed by atoms with Gasteiger partial charge in [-0.15, -0.1) is 0 Å². The van der Waals surface area contributed by atoms with Crippen molar-refractivity contribution >= 4 is 27.2 Å². The summed E-state index contributed by atoms with van der Waals surface area (Å²) in [6.07, 6.45) is 0. The summed E-state index contributed by atoms with van der Waals surface area (Å²) in [6, 6.07) is 11.5. The number of hydrogen-bond acceptors (Lipinski definition) is 4. The van der Waals surface area contributed by atoms with Crippen molar-refractivity contribution in [2.45, 2.75) is 0 Å². The van der Waals surface area contributed by atoms with Crippen molar-refractivity contribution in [1.29, 1.82) is 0 Å². The number of aromatic nitrogens is 1. The van der Waals surface area contributed by atoms with Gasteiger partial charge < -0.3 is 10.5 Å². The number of thiazole rings is 1. The fourth-order valence-corrected chi connectivity index (χ4v) is 2.42. The number of halogens is 1. The molecule has 0 radical (unpaired) electrons. The van der Waals surface area contributed by atoms with Gasteiger partial charge in [-0.25, -0.2) is 9.37 Å². The van der Waals surface area contributed by atoms with Crippen molar-refractivity contribution < 1.29 is 9.13 Å². The van der Waals surface area contributed by atoms with E-state index in [2.05, 4.69) is 4.98 Å². The quantitative estimate of drug-likeness (QED) is 0.713. The number of fused-ring (bicyclic) bond motifs is 1. The molecule has 18 heavy (non-hydrogen) atoms. The zero-order chi connectivity index (χ0) is 12.5. The summed E-state index contributed by atoms with van der Waals surface area (Å²) in [7, 11) is 0. The van der Waals surface area contributed by atoms with Crippen LogP contribution in [-0.2, 0) is 0 Å². The number of ether oxygens (including phenoxy) is 1. The zero-order valence-electron chi connectivity index (χ0n) is 9.26. The van der Waals surface area contributed by atoms with E-state index in [4.69, 9.17) is 10.5 Å². The lowest BCUT2D eigenvalue weighted by Gasteiger charge is -2.00. The van der Waals surface area contributed by atoms with Crippen molar-refractivity contribution in [3.05, 3.63) is 48.3 Å². The molecule has 1 aromatic heterocycles.